The molecule has 0 radical (unpaired) electrons. The lowest BCUT2D eigenvalue weighted by atomic mass is 10.1. The summed E-state index contributed by atoms with van der Waals surface area (Å²) in [5, 5.41) is 17.9. The van der Waals surface area contributed by atoms with E-state index in [1.54, 1.807) is 37.0 Å². The van der Waals surface area contributed by atoms with Gasteiger partial charge in [0.15, 0.2) is 0 Å². The average Bonchev–Trinajstić information content (AvgIpc) is 2.78. The minimum Gasteiger partial charge on any atom is -0.480 e. The number of amides is 2. The average molecular weight is 254 g/mol. The van der Waals surface area contributed by atoms with E-state index >= 15 is 0 Å². The summed E-state index contributed by atoms with van der Waals surface area (Å²) in [7, 11) is 0. The van der Waals surface area contributed by atoms with Crippen molar-refractivity contribution in [3.05, 3.63) is 18.5 Å². The number of carbonyl (C=O) groups excluding carboxylic acids is 1. The van der Waals surface area contributed by atoms with Gasteiger partial charge in [-0.3, -0.25) is 4.68 Å². The predicted molar refractivity (Wildman–Crippen MR) is 65.0 cm³/mol. The Morgan fingerprint density at radius 3 is 2.67 bits per heavy atom. The number of carboxylic acid groups (broad SMARTS) is 1. The van der Waals surface area contributed by atoms with Gasteiger partial charge >= 0.3 is 12.0 Å². The number of carbonyl (C=O) groups is 2. The van der Waals surface area contributed by atoms with E-state index in [4.69, 9.17) is 5.11 Å². The fourth-order valence-electron chi connectivity index (χ4n) is 1.42. The highest BCUT2D eigenvalue weighted by Crippen LogP contribution is 2.01. The zero-order valence-corrected chi connectivity index (χ0v) is 10.5. The van der Waals surface area contributed by atoms with Crippen LogP contribution in [0.3, 0.4) is 0 Å². The zero-order chi connectivity index (χ0) is 13.5. The first kappa shape index (κ1) is 14.0. The molecule has 0 aliphatic rings. The molecule has 1 rings (SSSR count). The Labute approximate surface area is 105 Å². The highest BCUT2D eigenvalue weighted by atomic mass is 16.4. The third kappa shape index (κ3) is 4.44. The van der Waals surface area contributed by atoms with Gasteiger partial charge in [0.2, 0.25) is 0 Å². The smallest absolute Gasteiger partial charge is 0.326 e. The van der Waals surface area contributed by atoms with Crippen molar-refractivity contribution in [1.29, 1.82) is 0 Å². The van der Waals surface area contributed by atoms with Crippen LogP contribution >= 0.6 is 0 Å². The van der Waals surface area contributed by atoms with Crippen LogP contribution in [0.4, 0.5) is 4.79 Å². The van der Waals surface area contributed by atoms with Crippen LogP contribution in [0.5, 0.6) is 0 Å². The maximum absolute atomic E-state index is 11.5. The lowest BCUT2D eigenvalue weighted by Crippen LogP contribution is -2.49. The van der Waals surface area contributed by atoms with Crippen molar-refractivity contribution in [3.63, 3.8) is 0 Å². The maximum atomic E-state index is 11.5. The summed E-state index contributed by atoms with van der Waals surface area (Å²) in [6.45, 7) is 4.41. The molecule has 2 amide bonds. The number of hydrogen-bond donors (Lipinski definition) is 3. The molecule has 0 bridgehead atoms. The molecule has 0 saturated carbocycles. The van der Waals surface area contributed by atoms with Crippen LogP contribution in [0.25, 0.3) is 0 Å². The molecule has 0 saturated heterocycles. The second kappa shape index (κ2) is 6.63. The van der Waals surface area contributed by atoms with E-state index in [9.17, 15) is 9.59 Å². The summed E-state index contributed by atoms with van der Waals surface area (Å²) in [6.07, 6.45) is 3.44. The molecule has 100 valence electrons. The minimum absolute atomic E-state index is 0.167. The van der Waals surface area contributed by atoms with Crippen molar-refractivity contribution in [3.8, 4) is 0 Å². The van der Waals surface area contributed by atoms with Gasteiger partial charge in [-0.2, -0.15) is 5.10 Å². The molecule has 0 unspecified atom stereocenters. The molecule has 0 aromatic carbocycles. The largest absolute Gasteiger partial charge is 0.480 e. The number of urea groups is 1. The van der Waals surface area contributed by atoms with Gasteiger partial charge in [-0.25, -0.2) is 9.59 Å². The first-order chi connectivity index (χ1) is 8.50. The van der Waals surface area contributed by atoms with Crippen molar-refractivity contribution >= 4 is 12.0 Å². The first-order valence-electron chi connectivity index (χ1n) is 5.75. The van der Waals surface area contributed by atoms with E-state index in [-0.39, 0.29) is 5.92 Å². The maximum Gasteiger partial charge on any atom is 0.326 e. The van der Waals surface area contributed by atoms with Crippen molar-refractivity contribution in [1.82, 2.24) is 20.4 Å². The molecule has 0 aliphatic carbocycles. The Balaban J connectivity index is 2.30. The van der Waals surface area contributed by atoms with Gasteiger partial charge in [-0.05, 0) is 12.0 Å². The normalized spacial score (nSPS) is 12.2. The van der Waals surface area contributed by atoms with Crippen LogP contribution < -0.4 is 10.6 Å². The van der Waals surface area contributed by atoms with Crippen LogP contribution in [0.1, 0.15) is 13.8 Å². The monoisotopic (exact) mass is 254 g/mol. The third-order valence-corrected chi connectivity index (χ3v) is 2.40. The number of aliphatic carboxylic acids is 1. The fourth-order valence-corrected chi connectivity index (χ4v) is 1.42. The highest BCUT2D eigenvalue weighted by molar-refractivity contribution is 5.82. The topological polar surface area (TPSA) is 96.3 Å². The SMILES string of the molecule is CC(C)[C@H](NC(=O)NCCn1cccn1)C(=O)O. The van der Waals surface area contributed by atoms with Crippen molar-refractivity contribution in [2.75, 3.05) is 6.54 Å². The van der Waals surface area contributed by atoms with Gasteiger partial charge in [-0.1, -0.05) is 13.8 Å². The van der Waals surface area contributed by atoms with E-state index in [1.807, 2.05) is 0 Å². The summed E-state index contributed by atoms with van der Waals surface area (Å²) in [4.78, 5) is 22.4. The van der Waals surface area contributed by atoms with Crippen LogP contribution in [0.2, 0.25) is 0 Å². The van der Waals surface area contributed by atoms with E-state index in [1.165, 1.54) is 0 Å². The van der Waals surface area contributed by atoms with Gasteiger partial charge in [0.05, 0.1) is 6.54 Å². The summed E-state index contributed by atoms with van der Waals surface area (Å²) in [5.41, 5.74) is 0. The van der Waals surface area contributed by atoms with Crippen molar-refractivity contribution in [2.24, 2.45) is 5.92 Å². The van der Waals surface area contributed by atoms with Gasteiger partial charge in [-0.15, -0.1) is 0 Å². The van der Waals surface area contributed by atoms with E-state index in [0.717, 1.165) is 0 Å². The summed E-state index contributed by atoms with van der Waals surface area (Å²) in [5.74, 6) is -1.20. The van der Waals surface area contributed by atoms with Crippen molar-refractivity contribution < 1.29 is 14.7 Å². The number of aromatic nitrogens is 2. The quantitative estimate of drug-likeness (QED) is 0.680. The number of nitrogens with one attached hydrogen (secondary N) is 2. The third-order valence-electron chi connectivity index (χ3n) is 2.40. The Morgan fingerprint density at radius 1 is 1.44 bits per heavy atom. The zero-order valence-electron chi connectivity index (χ0n) is 10.5. The predicted octanol–water partition coefficient (Wildman–Crippen LogP) is 0.291. The summed E-state index contributed by atoms with van der Waals surface area (Å²) in [6, 6.07) is 0.428. The van der Waals surface area contributed by atoms with Crippen LogP contribution in [-0.4, -0.2) is 39.5 Å². The molecule has 1 heterocycles. The molecule has 0 aliphatic heterocycles. The molecule has 1 aromatic heterocycles. The number of hydrogen-bond acceptors (Lipinski definition) is 3. The lowest BCUT2D eigenvalue weighted by Gasteiger charge is -2.18. The first-order valence-corrected chi connectivity index (χ1v) is 5.75. The van der Waals surface area contributed by atoms with Gasteiger partial charge in [0.1, 0.15) is 6.04 Å². The van der Waals surface area contributed by atoms with Crippen LogP contribution in [-0.2, 0) is 11.3 Å². The molecular weight excluding hydrogens is 236 g/mol. The van der Waals surface area contributed by atoms with E-state index < -0.39 is 18.0 Å². The molecule has 18 heavy (non-hydrogen) atoms. The second-order valence-electron chi connectivity index (χ2n) is 4.23. The molecule has 7 heteroatoms. The molecule has 3 N–H and O–H groups in total. The summed E-state index contributed by atoms with van der Waals surface area (Å²) < 4.78 is 1.68. The number of rotatable bonds is 6. The molecule has 0 fully saturated rings. The van der Waals surface area contributed by atoms with Gasteiger partial charge in [0.25, 0.3) is 0 Å². The molecule has 1 atom stereocenters. The Morgan fingerprint density at radius 2 is 2.17 bits per heavy atom. The Kier molecular flexibility index (Phi) is 5.16. The molecule has 0 spiro atoms. The van der Waals surface area contributed by atoms with Crippen LogP contribution in [0, 0.1) is 5.92 Å². The van der Waals surface area contributed by atoms with Gasteiger partial charge in [0, 0.05) is 18.9 Å². The summed E-state index contributed by atoms with van der Waals surface area (Å²) >= 11 is 0. The van der Waals surface area contributed by atoms with E-state index in [2.05, 4.69) is 15.7 Å². The number of nitrogens with zero attached hydrogens (tertiary/aromatic N) is 2. The fraction of sp³-hybridized carbons (Fsp3) is 0.545. The highest BCUT2D eigenvalue weighted by Gasteiger charge is 2.22. The Hall–Kier alpha value is -2.05. The standard InChI is InChI=1S/C11H18N4O3/c1-8(2)9(10(16)17)14-11(18)12-5-7-15-6-3-4-13-15/h3-4,6,8-9H,5,7H2,1-2H3,(H,16,17)(H2,12,14,18)/t9-/m0/s1. The molecular formula is C11H18N4O3. The molecule has 1 aromatic rings. The van der Waals surface area contributed by atoms with E-state index in [0.29, 0.717) is 13.1 Å². The molecule has 7 nitrogen and oxygen atoms in total. The minimum atomic E-state index is -1.03. The van der Waals surface area contributed by atoms with Crippen LogP contribution in [0.15, 0.2) is 18.5 Å². The Bertz CT molecular complexity index is 389. The van der Waals surface area contributed by atoms with Crippen molar-refractivity contribution in [2.45, 2.75) is 26.4 Å². The van der Waals surface area contributed by atoms with Gasteiger partial charge < -0.3 is 15.7 Å². The lowest BCUT2D eigenvalue weighted by molar-refractivity contribution is -0.140. The number of carboxylic acids is 1. The second-order valence-corrected chi connectivity index (χ2v) is 4.23.